The van der Waals surface area contributed by atoms with Crippen molar-refractivity contribution in [2.24, 2.45) is 9.98 Å². The van der Waals surface area contributed by atoms with Gasteiger partial charge in [-0.1, -0.05) is 17.4 Å². The van der Waals surface area contributed by atoms with Gasteiger partial charge in [-0.2, -0.15) is 0 Å². The lowest BCUT2D eigenvalue weighted by Gasteiger charge is -2.05. The Hall–Kier alpha value is -3.04. The smallest absolute Gasteiger partial charge is 0.342 e. The van der Waals surface area contributed by atoms with E-state index < -0.39 is 11.9 Å². The maximum atomic E-state index is 12.6. The molecule has 0 saturated carbocycles. The van der Waals surface area contributed by atoms with Crippen molar-refractivity contribution in [1.82, 2.24) is 0 Å². The van der Waals surface area contributed by atoms with Crippen LogP contribution in [-0.2, 0) is 9.47 Å². The fraction of sp³-hybridized carbons (Fsp3) is 0.200. The molecule has 0 amide bonds. The van der Waals surface area contributed by atoms with Crippen LogP contribution < -0.4 is 0 Å². The number of ether oxygens (including phenoxy) is 2. The maximum absolute atomic E-state index is 12.6. The number of aliphatic imine (C=N–C) groups is 2. The van der Waals surface area contributed by atoms with Crippen LogP contribution in [0.4, 0.5) is 10.0 Å². The molecule has 0 N–H and O–H groups in total. The third-order valence-corrected chi connectivity index (χ3v) is 5.35. The molecular formula is C20H18N2O5S2. The van der Waals surface area contributed by atoms with Gasteiger partial charge in [-0.15, -0.1) is 11.3 Å². The number of nitrogens with zero attached hydrogens (tertiary/aromatic N) is 2. The van der Waals surface area contributed by atoms with E-state index in [9.17, 15) is 9.59 Å². The molecule has 0 aliphatic heterocycles. The van der Waals surface area contributed by atoms with Gasteiger partial charge in [0.25, 0.3) is 0 Å². The van der Waals surface area contributed by atoms with Gasteiger partial charge < -0.3 is 13.9 Å². The van der Waals surface area contributed by atoms with Crippen molar-refractivity contribution in [3.63, 3.8) is 0 Å². The number of esters is 2. The molecule has 3 heterocycles. The molecule has 0 fully saturated rings. The minimum atomic E-state index is -0.657. The summed E-state index contributed by atoms with van der Waals surface area (Å²) in [6, 6.07) is 7.25. The topological polar surface area (TPSA) is 90.5 Å². The van der Waals surface area contributed by atoms with Crippen molar-refractivity contribution in [3.05, 3.63) is 57.7 Å². The zero-order valence-electron chi connectivity index (χ0n) is 15.8. The highest BCUT2D eigenvalue weighted by Gasteiger charge is 2.30. The highest BCUT2D eigenvalue weighted by molar-refractivity contribution is 7.20. The van der Waals surface area contributed by atoms with Crippen LogP contribution in [-0.4, -0.2) is 37.6 Å². The van der Waals surface area contributed by atoms with Crippen LogP contribution in [0.5, 0.6) is 0 Å². The number of furan rings is 1. The van der Waals surface area contributed by atoms with Crippen molar-refractivity contribution in [2.75, 3.05) is 13.2 Å². The summed E-state index contributed by atoms with van der Waals surface area (Å²) >= 11 is 2.61. The Morgan fingerprint density at radius 2 is 1.66 bits per heavy atom. The first-order chi connectivity index (χ1) is 14.1. The van der Waals surface area contributed by atoms with Gasteiger partial charge in [0.2, 0.25) is 0 Å². The number of carbonyl (C=O) groups excluding carboxylic acids is 2. The maximum Gasteiger partial charge on any atom is 0.342 e. The first-order valence-electron chi connectivity index (χ1n) is 8.80. The second-order valence-electron chi connectivity index (χ2n) is 5.45. The normalized spacial score (nSPS) is 11.4. The molecule has 29 heavy (non-hydrogen) atoms. The zero-order valence-corrected chi connectivity index (χ0v) is 17.4. The number of hydrogen-bond acceptors (Lipinski definition) is 9. The number of thiophene rings is 2. The lowest BCUT2D eigenvalue weighted by atomic mass is 10.1. The highest BCUT2D eigenvalue weighted by atomic mass is 32.1. The van der Waals surface area contributed by atoms with E-state index in [1.807, 2.05) is 17.5 Å². The van der Waals surface area contributed by atoms with Gasteiger partial charge in [0, 0.05) is 11.1 Å². The molecule has 3 rings (SSSR count). The van der Waals surface area contributed by atoms with Gasteiger partial charge >= 0.3 is 11.9 Å². The lowest BCUT2D eigenvalue weighted by Crippen LogP contribution is -2.12. The third-order valence-electron chi connectivity index (χ3n) is 3.53. The van der Waals surface area contributed by atoms with E-state index in [-0.39, 0.29) is 24.3 Å². The van der Waals surface area contributed by atoms with Crippen LogP contribution in [0.2, 0.25) is 0 Å². The molecule has 0 saturated heterocycles. The summed E-state index contributed by atoms with van der Waals surface area (Å²) in [5.74, 6) is -0.796. The van der Waals surface area contributed by atoms with Crippen LogP contribution in [0.1, 0.15) is 45.2 Å². The molecule has 3 aromatic heterocycles. The molecule has 0 atom stereocenters. The Labute approximate surface area is 175 Å². The average molecular weight is 431 g/mol. The largest absolute Gasteiger partial charge is 0.463 e. The van der Waals surface area contributed by atoms with Gasteiger partial charge in [-0.25, -0.2) is 19.6 Å². The number of hydrogen-bond donors (Lipinski definition) is 0. The van der Waals surface area contributed by atoms with Gasteiger partial charge in [-0.05, 0) is 37.4 Å². The molecule has 0 bridgehead atoms. The molecule has 3 aromatic rings. The Morgan fingerprint density at radius 1 is 1.00 bits per heavy atom. The molecule has 0 radical (unpaired) electrons. The molecule has 9 heteroatoms. The predicted molar refractivity (Wildman–Crippen MR) is 114 cm³/mol. The monoisotopic (exact) mass is 430 g/mol. The van der Waals surface area contributed by atoms with Crippen LogP contribution in [0.25, 0.3) is 0 Å². The summed E-state index contributed by atoms with van der Waals surface area (Å²) in [5.41, 5.74) is 0.0890. The average Bonchev–Trinajstić information content (AvgIpc) is 3.45. The van der Waals surface area contributed by atoms with E-state index in [0.717, 1.165) is 16.2 Å². The third kappa shape index (κ3) is 5.07. The Morgan fingerprint density at radius 3 is 2.17 bits per heavy atom. The Balaban J connectivity index is 2.11. The lowest BCUT2D eigenvalue weighted by molar-refractivity contribution is 0.0481. The molecule has 150 valence electrons. The first kappa shape index (κ1) is 20.7. The predicted octanol–water partition coefficient (Wildman–Crippen LogP) is 5.26. The fourth-order valence-electron chi connectivity index (χ4n) is 2.35. The van der Waals surface area contributed by atoms with Gasteiger partial charge in [0.15, 0.2) is 0 Å². The van der Waals surface area contributed by atoms with Gasteiger partial charge in [0.05, 0.1) is 25.7 Å². The summed E-state index contributed by atoms with van der Waals surface area (Å²) < 4.78 is 15.5. The first-order valence-corrected chi connectivity index (χ1v) is 10.5. The van der Waals surface area contributed by atoms with Crippen molar-refractivity contribution < 1.29 is 23.5 Å². The minimum Gasteiger partial charge on any atom is -0.463 e. The standard InChI is InChI=1S/C20H18N2O5S2/c1-3-25-19(23)15-16(20(24)26-4-2)18(22-12-14-8-6-10-28-14)29-17(15)21-11-13-7-5-9-27-13/h5-12H,3-4H2,1-2H3/b21-11+,22-12+. The molecule has 7 nitrogen and oxygen atoms in total. The summed E-state index contributed by atoms with van der Waals surface area (Å²) in [6.45, 7) is 3.71. The molecule has 0 spiro atoms. The van der Waals surface area contributed by atoms with Crippen molar-refractivity contribution in [1.29, 1.82) is 0 Å². The van der Waals surface area contributed by atoms with Crippen molar-refractivity contribution in [2.45, 2.75) is 13.8 Å². The second-order valence-corrected chi connectivity index (χ2v) is 7.41. The second kappa shape index (κ2) is 9.94. The van der Waals surface area contributed by atoms with E-state index in [2.05, 4.69) is 9.98 Å². The van der Waals surface area contributed by atoms with Crippen LogP contribution in [0.3, 0.4) is 0 Å². The Bertz CT molecular complexity index is 937. The quantitative estimate of drug-likeness (QED) is 0.359. The van der Waals surface area contributed by atoms with E-state index in [4.69, 9.17) is 13.9 Å². The minimum absolute atomic E-state index is 0.0384. The van der Waals surface area contributed by atoms with Crippen molar-refractivity contribution in [3.8, 4) is 0 Å². The summed E-state index contributed by atoms with van der Waals surface area (Å²) in [5, 5.41) is 2.54. The molecule has 0 aromatic carbocycles. The summed E-state index contributed by atoms with van der Waals surface area (Å²) in [6.07, 6.45) is 4.62. The summed E-state index contributed by atoms with van der Waals surface area (Å²) in [4.78, 5) is 34.9. The van der Waals surface area contributed by atoms with Crippen molar-refractivity contribution >= 4 is 57.0 Å². The van der Waals surface area contributed by atoms with E-state index >= 15 is 0 Å². The van der Waals surface area contributed by atoms with Gasteiger partial charge in [0.1, 0.15) is 26.9 Å². The van der Waals surface area contributed by atoms with Crippen LogP contribution >= 0.6 is 22.7 Å². The number of carbonyl (C=O) groups is 2. The fourth-order valence-corrected chi connectivity index (χ4v) is 3.90. The summed E-state index contributed by atoms with van der Waals surface area (Å²) in [7, 11) is 0. The van der Waals surface area contributed by atoms with E-state index in [1.165, 1.54) is 23.8 Å². The van der Waals surface area contributed by atoms with Gasteiger partial charge in [-0.3, -0.25) is 0 Å². The Kier molecular flexibility index (Phi) is 7.09. The molecular weight excluding hydrogens is 412 g/mol. The SMILES string of the molecule is CCOC(=O)c1c(/N=C/c2ccco2)sc(/N=C/c2cccs2)c1C(=O)OCC. The van der Waals surface area contributed by atoms with Crippen LogP contribution in [0.15, 0.2) is 50.3 Å². The molecule has 0 aliphatic carbocycles. The molecule has 0 aliphatic rings. The number of rotatable bonds is 8. The highest BCUT2D eigenvalue weighted by Crippen LogP contribution is 2.42. The zero-order chi connectivity index (χ0) is 20.6. The van der Waals surface area contributed by atoms with E-state index in [1.54, 1.807) is 32.2 Å². The van der Waals surface area contributed by atoms with E-state index in [0.29, 0.717) is 15.8 Å². The van der Waals surface area contributed by atoms with Crippen LogP contribution in [0, 0.1) is 0 Å². The molecule has 0 unspecified atom stereocenters.